The van der Waals surface area contributed by atoms with Gasteiger partial charge in [-0.3, -0.25) is 9.69 Å². The lowest BCUT2D eigenvalue weighted by Gasteiger charge is -2.28. The lowest BCUT2D eigenvalue weighted by Crippen LogP contribution is -2.45. The number of fused-ring (bicyclic) bond motifs is 1. The molecule has 0 aliphatic carbocycles. The van der Waals surface area contributed by atoms with Crippen molar-refractivity contribution in [2.45, 2.75) is 13.1 Å². The Kier molecular flexibility index (Phi) is 6.13. The van der Waals surface area contributed by atoms with Crippen molar-refractivity contribution >= 4 is 28.5 Å². The average Bonchev–Trinajstić information content (AvgIpc) is 3.05. The van der Waals surface area contributed by atoms with Crippen molar-refractivity contribution in [3.05, 3.63) is 64.9 Å². The SMILES string of the molecule is CN(CC(=O)N1CCOCC1)Cc1nc2cc(Cl)ccc2n1Cc1ccccc1. The number of amides is 1. The molecule has 1 fully saturated rings. The molecule has 0 N–H and O–H groups in total. The number of morpholine rings is 1. The molecule has 0 unspecified atom stereocenters. The molecule has 3 aromatic rings. The molecular formula is C22H25ClN4O2. The van der Waals surface area contributed by atoms with Crippen LogP contribution in [0.25, 0.3) is 11.0 Å². The van der Waals surface area contributed by atoms with E-state index < -0.39 is 0 Å². The molecule has 152 valence electrons. The number of halogens is 1. The van der Waals surface area contributed by atoms with Crippen molar-refractivity contribution in [2.24, 2.45) is 0 Å². The Hall–Kier alpha value is -2.41. The molecule has 2 heterocycles. The molecule has 1 amide bonds. The molecule has 1 aliphatic rings. The van der Waals surface area contributed by atoms with E-state index in [0.29, 0.717) is 44.4 Å². The second kappa shape index (κ2) is 8.95. The summed E-state index contributed by atoms with van der Waals surface area (Å²) in [5.74, 6) is 1.05. The van der Waals surface area contributed by atoms with E-state index in [4.69, 9.17) is 21.3 Å². The van der Waals surface area contributed by atoms with E-state index in [0.717, 1.165) is 23.4 Å². The summed E-state index contributed by atoms with van der Waals surface area (Å²) in [5, 5.41) is 0.671. The van der Waals surface area contributed by atoms with Crippen molar-refractivity contribution in [3.63, 3.8) is 0 Å². The van der Waals surface area contributed by atoms with Crippen LogP contribution in [0, 0.1) is 0 Å². The van der Waals surface area contributed by atoms with Gasteiger partial charge in [-0.05, 0) is 30.8 Å². The van der Waals surface area contributed by atoms with E-state index in [1.165, 1.54) is 5.56 Å². The molecule has 6 nitrogen and oxygen atoms in total. The Morgan fingerprint density at radius 3 is 2.69 bits per heavy atom. The van der Waals surface area contributed by atoms with Gasteiger partial charge < -0.3 is 14.2 Å². The third-order valence-corrected chi connectivity index (χ3v) is 5.39. The molecule has 0 radical (unpaired) electrons. The van der Waals surface area contributed by atoms with Crippen molar-refractivity contribution in [2.75, 3.05) is 39.9 Å². The quantitative estimate of drug-likeness (QED) is 0.624. The Labute approximate surface area is 175 Å². The summed E-state index contributed by atoms with van der Waals surface area (Å²) in [4.78, 5) is 21.3. The Bertz CT molecular complexity index is 983. The molecule has 7 heteroatoms. The average molecular weight is 413 g/mol. The van der Waals surface area contributed by atoms with Crippen LogP contribution in [0.1, 0.15) is 11.4 Å². The zero-order chi connectivity index (χ0) is 20.2. The second-order valence-corrected chi connectivity index (χ2v) is 7.83. The second-order valence-electron chi connectivity index (χ2n) is 7.40. The van der Waals surface area contributed by atoms with Crippen LogP contribution in [0.5, 0.6) is 0 Å². The van der Waals surface area contributed by atoms with Gasteiger partial charge in [0.25, 0.3) is 0 Å². The van der Waals surface area contributed by atoms with Gasteiger partial charge in [-0.2, -0.15) is 0 Å². The van der Waals surface area contributed by atoms with Crippen LogP contribution in [0.15, 0.2) is 48.5 Å². The van der Waals surface area contributed by atoms with Crippen molar-refractivity contribution in [3.8, 4) is 0 Å². The number of hydrogen-bond donors (Lipinski definition) is 0. The van der Waals surface area contributed by atoms with E-state index in [9.17, 15) is 4.79 Å². The van der Waals surface area contributed by atoms with Crippen LogP contribution in [0.2, 0.25) is 5.02 Å². The maximum Gasteiger partial charge on any atom is 0.236 e. The highest BCUT2D eigenvalue weighted by atomic mass is 35.5. The number of carbonyl (C=O) groups excluding carboxylic acids is 1. The van der Waals surface area contributed by atoms with Crippen molar-refractivity contribution in [1.29, 1.82) is 0 Å². The van der Waals surface area contributed by atoms with Gasteiger partial charge in [0, 0.05) is 24.7 Å². The Morgan fingerprint density at radius 2 is 1.93 bits per heavy atom. The standard InChI is InChI=1S/C22H25ClN4O2/c1-25(16-22(28)26-9-11-29-12-10-26)15-21-24-19-13-18(23)7-8-20(19)27(21)14-17-5-3-2-4-6-17/h2-8,13H,9-12,14-16H2,1H3. The first-order valence-electron chi connectivity index (χ1n) is 9.83. The molecule has 4 rings (SSSR count). The summed E-state index contributed by atoms with van der Waals surface area (Å²) >= 11 is 6.18. The molecule has 0 bridgehead atoms. The van der Waals surface area contributed by atoms with E-state index in [1.807, 2.05) is 53.2 Å². The molecule has 0 saturated carbocycles. The van der Waals surface area contributed by atoms with E-state index in [-0.39, 0.29) is 5.91 Å². The lowest BCUT2D eigenvalue weighted by molar-refractivity contribution is -0.136. The first kappa shape index (κ1) is 19.9. The molecule has 1 aromatic heterocycles. The fraction of sp³-hybridized carbons (Fsp3) is 0.364. The molecule has 1 saturated heterocycles. The van der Waals surface area contributed by atoms with Gasteiger partial charge >= 0.3 is 0 Å². The van der Waals surface area contributed by atoms with Gasteiger partial charge in [-0.1, -0.05) is 41.9 Å². The third-order valence-electron chi connectivity index (χ3n) is 5.15. The van der Waals surface area contributed by atoms with Crippen LogP contribution in [-0.4, -0.2) is 65.2 Å². The Morgan fingerprint density at radius 1 is 1.17 bits per heavy atom. The molecule has 2 aromatic carbocycles. The predicted octanol–water partition coefficient (Wildman–Crippen LogP) is 3.03. The maximum absolute atomic E-state index is 12.6. The minimum absolute atomic E-state index is 0.129. The summed E-state index contributed by atoms with van der Waals surface area (Å²) in [6.45, 7) is 4.21. The van der Waals surface area contributed by atoms with Gasteiger partial charge in [-0.25, -0.2) is 4.98 Å². The molecule has 29 heavy (non-hydrogen) atoms. The number of benzene rings is 2. The first-order chi connectivity index (χ1) is 14.1. The number of carbonyl (C=O) groups is 1. The third kappa shape index (κ3) is 4.78. The highest BCUT2D eigenvalue weighted by Crippen LogP contribution is 2.22. The number of likely N-dealkylation sites (N-methyl/N-ethyl adjacent to an activating group) is 1. The van der Waals surface area contributed by atoms with Crippen LogP contribution in [0.3, 0.4) is 0 Å². The minimum Gasteiger partial charge on any atom is -0.378 e. The fourth-order valence-corrected chi connectivity index (χ4v) is 3.82. The highest BCUT2D eigenvalue weighted by Gasteiger charge is 2.20. The van der Waals surface area contributed by atoms with Gasteiger partial charge in [-0.15, -0.1) is 0 Å². The number of hydrogen-bond acceptors (Lipinski definition) is 4. The van der Waals surface area contributed by atoms with Gasteiger partial charge in [0.15, 0.2) is 0 Å². The number of aromatic nitrogens is 2. The van der Waals surface area contributed by atoms with Crippen LogP contribution >= 0.6 is 11.6 Å². The number of ether oxygens (including phenoxy) is 1. The predicted molar refractivity (Wildman–Crippen MR) is 114 cm³/mol. The van der Waals surface area contributed by atoms with Crippen molar-refractivity contribution in [1.82, 2.24) is 19.4 Å². The van der Waals surface area contributed by atoms with E-state index in [1.54, 1.807) is 0 Å². The molecular weight excluding hydrogens is 388 g/mol. The smallest absolute Gasteiger partial charge is 0.236 e. The molecule has 1 aliphatic heterocycles. The van der Waals surface area contributed by atoms with Gasteiger partial charge in [0.2, 0.25) is 5.91 Å². The minimum atomic E-state index is 0.129. The summed E-state index contributed by atoms with van der Waals surface area (Å²) in [6, 6.07) is 16.1. The maximum atomic E-state index is 12.6. The summed E-state index contributed by atoms with van der Waals surface area (Å²) in [7, 11) is 1.96. The van der Waals surface area contributed by atoms with Crippen LogP contribution in [-0.2, 0) is 22.6 Å². The first-order valence-corrected chi connectivity index (χ1v) is 10.2. The number of nitrogens with zero attached hydrogens (tertiary/aromatic N) is 4. The van der Waals surface area contributed by atoms with Crippen molar-refractivity contribution < 1.29 is 9.53 Å². The lowest BCUT2D eigenvalue weighted by atomic mass is 10.2. The highest BCUT2D eigenvalue weighted by molar-refractivity contribution is 6.31. The topological polar surface area (TPSA) is 50.6 Å². The van der Waals surface area contributed by atoms with E-state index >= 15 is 0 Å². The fourth-order valence-electron chi connectivity index (χ4n) is 3.66. The summed E-state index contributed by atoms with van der Waals surface area (Å²) in [6.07, 6.45) is 0. The Balaban J connectivity index is 1.55. The monoisotopic (exact) mass is 412 g/mol. The largest absolute Gasteiger partial charge is 0.378 e. The number of rotatable bonds is 6. The zero-order valence-electron chi connectivity index (χ0n) is 16.6. The normalized spacial score (nSPS) is 14.7. The molecule has 0 spiro atoms. The molecule has 0 atom stereocenters. The van der Waals surface area contributed by atoms with E-state index in [2.05, 4.69) is 16.7 Å². The van der Waals surface area contributed by atoms with Gasteiger partial charge in [0.1, 0.15) is 5.82 Å². The van der Waals surface area contributed by atoms with Crippen LogP contribution in [0.4, 0.5) is 0 Å². The summed E-state index contributed by atoms with van der Waals surface area (Å²) in [5.41, 5.74) is 3.12. The zero-order valence-corrected chi connectivity index (χ0v) is 17.3. The van der Waals surface area contributed by atoms with Crippen LogP contribution < -0.4 is 0 Å². The number of imidazole rings is 1. The summed E-state index contributed by atoms with van der Waals surface area (Å²) < 4.78 is 7.54. The van der Waals surface area contributed by atoms with Gasteiger partial charge in [0.05, 0.1) is 37.3 Å².